The lowest BCUT2D eigenvalue weighted by Gasteiger charge is -2.32. The third-order valence-electron chi connectivity index (χ3n) is 5.18. The first-order chi connectivity index (χ1) is 13.1. The molecule has 1 saturated heterocycles. The Kier molecular flexibility index (Phi) is 4.71. The molecule has 0 bridgehead atoms. The molecule has 2 aromatic heterocycles. The monoisotopic (exact) mass is 361 g/mol. The number of nitrogens with one attached hydrogen (secondary N) is 1. The molecule has 1 fully saturated rings. The van der Waals surface area contributed by atoms with Crippen LogP contribution in [0.2, 0.25) is 0 Å². The second-order valence-corrected chi connectivity index (χ2v) is 7.17. The van der Waals surface area contributed by atoms with Crippen molar-refractivity contribution in [3.63, 3.8) is 0 Å². The van der Waals surface area contributed by atoms with Crippen LogP contribution < -0.4 is 0 Å². The summed E-state index contributed by atoms with van der Waals surface area (Å²) in [6.07, 6.45) is 7.11. The lowest BCUT2D eigenvalue weighted by molar-refractivity contribution is 0.0705. The van der Waals surface area contributed by atoms with Crippen LogP contribution in [0, 0.1) is 13.8 Å². The fourth-order valence-corrected chi connectivity index (χ4v) is 3.65. The summed E-state index contributed by atoms with van der Waals surface area (Å²) in [4.78, 5) is 23.0. The van der Waals surface area contributed by atoms with Gasteiger partial charge in [-0.2, -0.15) is 5.10 Å². The van der Waals surface area contributed by atoms with Gasteiger partial charge < -0.3 is 4.90 Å². The summed E-state index contributed by atoms with van der Waals surface area (Å²) in [5.74, 6) is 0.909. The zero-order valence-corrected chi connectivity index (χ0v) is 15.6. The van der Waals surface area contributed by atoms with Crippen molar-refractivity contribution < 1.29 is 4.79 Å². The zero-order valence-electron chi connectivity index (χ0n) is 15.6. The Morgan fingerprint density at radius 2 is 1.85 bits per heavy atom. The van der Waals surface area contributed by atoms with E-state index >= 15 is 0 Å². The van der Waals surface area contributed by atoms with Gasteiger partial charge in [-0.1, -0.05) is 29.8 Å². The summed E-state index contributed by atoms with van der Waals surface area (Å²) in [7, 11) is 0. The van der Waals surface area contributed by atoms with E-state index in [1.165, 1.54) is 5.56 Å². The highest BCUT2D eigenvalue weighted by Crippen LogP contribution is 2.33. The molecule has 27 heavy (non-hydrogen) atoms. The lowest BCUT2D eigenvalue weighted by atomic mass is 9.90. The molecule has 0 aliphatic carbocycles. The molecule has 1 aromatic carbocycles. The van der Waals surface area contributed by atoms with Crippen molar-refractivity contribution in [3.05, 3.63) is 65.5 Å². The first kappa shape index (κ1) is 17.4. The normalized spacial score (nSPS) is 17.1. The van der Waals surface area contributed by atoms with E-state index in [2.05, 4.69) is 51.4 Å². The van der Waals surface area contributed by atoms with E-state index in [4.69, 9.17) is 0 Å². The number of nitrogens with zero attached hydrogens (tertiary/aromatic N) is 4. The topological polar surface area (TPSA) is 74.8 Å². The van der Waals surface area contributed by atoms with Crippen LogP contribution in [-0.2, 0) is 0 Å². The fraction of sp³-hybridized carbons (Fsp3) is 0.333. The van der Waals surface area contributed by atoms with Crippen LogP contribution in [0.25, 0.3) is 11.1 Å². The molecule has 6 heteroatoms. The number of piperidine rings is 1. The molecular weight excluding hydrogens is 338 g/mol. The van der Waals surface area contributed by atoms with Crippen molar-refractivity contribution in [2.75, 3.05) is 13.1 Å². The number of amides is 1. The Labute approximate surface area is 158 Å². The SMILES string of the molecule is Cc1ccc(-c2cn[nH]c2[C@@H]2CCCN(C(=O)c3cnc(C)nc3)C2)cc1. The highest BCUT2D eigenvalue weighted by molar-refractivity contribution is 5.93. The number of aromatic amines is 1. The zero-order chi connectivity index (χ0) is 18.8. The van der Waals surface area contributed by atoms with E-state index in [-0.39, 0.29) is 11.8 Å². The maximum absolute atomic E-state index is 12.8. The van der Waals surface area contributed by atoms with Crippen LogP contribution in [0.1, 0.15) is 46.2 Å². The minimum absolute atomic E-state index is 0.00361. The summed E-state index contributed by atoms with van der Waals surface area (Å²) in [6, 6.07) is 8.47. The summed E-state index contributed by atoms with van der Waals surface area (Å²) in [6.45, 7) is 5.33. The Morgan fingerprint density at radius 1 is 1.11 bits per heavy atom. The number of likely N-dealkylation sites (tertiary alicyclic amines) is 1. The molecule has 1 N–H and O–H groups in total. The van der Waals surface area contributed by atoms with E-state index in [9.17, 15) is 4.79 Å². The molecule has 1 aliphatic rings. The van der Waals surface area contributed by atoms with Gasteiger partial charge in [0.15, 0.2) is 0 Å². The van der Waals surface area contributed by atoms with E-state index in [0.717, 1.165) is 36.2 Å². The van der Waals surface area contributed by atoms with Crippen LogP contribution in [0.4, 0.5) is 0 Å². The average Bonchev–Trinajstić information content (AvgIpc) is 3.18. The van der Waals surface area contributed by atoms with Gasteiger partial charge in [0.25, 0.3) is 5.91 Å². The van der Waals surface area contributed by atoms with Gasteiger partial charge in [-0.05, 0) is 32.3 Å². The Morgan fingerprint density at radius 3 is 2.59 bits per heavy atom. The van der Waals surface area contributed by atoms with E-state index in [1.54, 1.807) is 12.4 Å². The van der Waals surface area contributed by atoms with Gasteiger partial charge in [0, 0.05) is 42.7 Å². The molecule has 0 saturated carbocycles. The van der Waals surface area contributed by atoms with Crippen LogP contribution >= 0.6 is 0 Å². The van der Waals surface area contributed by atoms with Gasteiger partial charge in [-0.3, -0.25) is 9.89 Å². The predicted molar refractivity (Wildman–Crippen MR) is 103 cm³/mol. The minimum Gasteiger partial charge on any atom is -0.338 e. The number of aryl methyl sites for hydroxylation is 2. The number of H-pyrrole nitrogens is 1. The van der Waals surface area contributed by atoms with Gasteiger partial charge in [-0.15, -0.1) is 0 Å². The van der Waals surface area contributed by atoms with Crippen molar-refractivity contribution in [2.45, 2.75) is 32.6 Å². The number of aromatic nitrogens is 4. The van der Waals surface area contributed by atoms with E-state index in [0.29, 0.717) is 17.9 Å². The first-order valence-corrected chi connectivity index (χ1v) is 9.30. The number of carbonyl (C=O) groups is 1. The molecular formula is C21H23N5O. The summed E-state index contributed by atoms with van der Waals surface area (Å²) in [5, 5.41) is 7.47. The van der Waals surface area contributed by atoms with Crippen LogP contribution in [-0.4, -0.2) is 44.1 Å². The lowest BCUT2D eigenvalue weighted by Crippen LogP contribution is -2.39. The van der Waals surface area contributed by atoms with Gasteiger partial charge >= 0.3 is 0 Å². The second kappa shape index (κ2) is 7.31. The molecule has 3 aromatic rings. The van der Waals surface area contributed by atoms with Crippen molar-refractivity contribution in [3.8, 4) is 11.1 Å². The Bertz CT molecular complexity index is 930. The van der Waals surface area contributed by atoms with E-state index < -0.39 is 0 Å². The maximum Gasteiger partial charge on any atom is 0.257 e. The van der Waals surface area contributed by atoms with Crippen LogP contribution in [0.3, 0.4) is 0 Å². The number of benzene rings is 1. The van der Waals surface area contributed by atoms with Crippen LogP contribution in [0.15, 0.2) is 42.9 Å². The predicted octanol–water partition coefficient (Wildman–Crippen LogP) is 3.50. The third-order valence-corrected chi connectivity index (χ3v) is 5.18. The molecule has 1 aliphatic heterocycles. The van der Waals surface area contributed by atoms with Crippen molar-refractivity contribution in [1.82, 2.24) is 25.1 Å². The van der Waals surface area contributed by atoms with Crippen molar-refractivity contribution in [1.29, 1.82) is 0 Å². The van der Waals surface area contributed by atoms with E-state index in [1.807, 2.05) is 18.0 Å². The molecule has 1 amide bonds. The first-order valence-electron chi connectivity index (χ1n) is 9.30. The number of hydrogen-bond donors (Lipinski definition) is 1. The maximum atomic E-state index is 12.8. The molecule has 1 atom stereocenters. The molecule has 0 unspecified atom stereocenters. The van der Waals surface area contributed by atoms with Gasteiger partial charge in [0.1, 0.15) is 5.82 Å². The number of hydrogen-bond acceptors (Lipinski definition) is 4. The van der Waals surface area contributed by atoms with Crippen molar-refractivity contribution in [2.24, 2.45) is 0 Å². The average molecular weight is 361 g/mol. The molecule has 0 spiro atoms. The highest BCUT2D eigenvalue weighted by Gasteiger charge is 2.28. The molecule has 6 nitrogen and oxygen atoms in total. The Hall–Kier alpha value is -3.02. The van der Waals surface area contributed by atoms with Gasteiger partial charge in [0.2, 0.25) is 0 Å². The molecule has 4 rings (SSSR count). The summed E-state index contributed by atoms with van der Waals surface area (Å²) < 4.78 is 0. The van der Waals surface area contributed by atoms with Gasteiger partial charge in [0.05, 0.1) is 11.8 Å². The molecule has 3 heterocycles. The summed E-state index contributed by atoms with van der Waals surface area (Å²) >= 11 is 0. The third kappa shape index (κ3) is 3.60. The standard InChI is InChI=1S/C21H23N5O/c1-14-5-7-16(8-6-14)19-12-24-25-20(19)17-4-3-9-26(13-17)21(27)18-10-22-15(2)23-11-18/h5-8,10-12,17H,3-4,9,13H2,1-2H3,(H,24,25)/t17-/m1/s1. The quantitative estimate of drug-likeness (QED) is 0.775. The molecule has 0 radical (unpaired) electrons. The molecule has 138 valence electrons. The smallest absolute Gasteiger partial charge is 0.257 e. The number of rotatable bonds is 3. The van der Waals surface area contributed by atoms with Gasteiger partial charge in [-0.25, -0.2) is 9.97 Å². The van der Waals surface area contributed by atoms with Crippen LogP contribution in [0.5, 0.6) is 0 Å². The Balaban J connectivity index is 1.55. The number of carbonyl (C=O) groups excluding carboxylic acids is 1. The fourth-order valence-electron chi connectivity index (χ4n) is 3.65. The minimum atomic E-state index is -0.00361. The second-order valence-electron chi connectivity index (χ2n) is 7.17. The largest absolute Gasteiger partial charge is 0.338 e. The summed E-state index contributed by atoms with van der Waals surface area (Å²) in [5.41, 5.74) is 5.16. The van der Waals surface area contributed by atoms with Crippen molar-refractivity contribution >= 4 is 5.91 Å². The highest BCUT2D eigenvalue weighted by atomic mass is 16.2.